The lowest BCUT2D eigenvalue weighted by Gasteiger charge is -2.06. The summed E-state index contributed by atoms with van der Waals surface area (Å²) in [5.74, 6) is 0. The van der Waals surface area contributed by atoms with Crippen LogP contribution in [0.2, 0.25) is 0 Å². The molecule has 0 bridgehead atoms. The first-order valence-electron chi connectivity index (χ1n) is 5.59. The quantitative estimate of drug-likeness (QED) is 0.898. The number of hydrogen-bond acceptors (Lipinski definition) is 3. The standard InChI is InChI=1S/C14H15NOS/c1-11-9-14(15-10-12(11)7-8-16)17-13-5-3-2-4-6-13/h2-6,9-10,16H,7-8H2,1H3. The number of hydrogen-bond donors (Lipinski definition) is 1. The van der Waals surface area contributed by atoms with E-state index < -0.39 is 0 Å². The summed E-state index contributed by atoms with van der Waals surface area (Å²) in [5.41, 5.74) is 2.30. The van der Waals surface area contributed by atoms with Gasteiger partial charge in [-0.15, -0.1) is 0 Å². The van der Waals surface area contributed by atoms with Gasteiger partial charge in [0.15, 0.2) is 0 Å². The Morgan fingerprint density at radius 2 is 2.00 bits per heavy atom. The Hall–Kier alpha value is -1.32. The fraction of sp³-hybridized carbons (Fsp3) is 0.214. The number of rotatable bonds is 4. The molecule has 0 aliphatic carbocycles. The average molecular weight is 245 g/mol. The molecule has 0 spiro atoms. The van der Waals surface area contributed by atoms with Gasteiger partial charge in [-0.2, -0.15) is 0 Å². The minimum Gasteiger partial charge on any atom is -0.396 e. The zero-order valence-electron chi connectivity index (χ0n) is 9.76. The zero-order valence-corrected chi connectivity index (χ0v) is 10.6. The highest BCUT2D eigenvalue weighted by Gasteiger charge is 2.02. The van der Waals surface area contributed by atoms with Crippen molar-refractivity contribution in [2.24, 2.45) is 0 Å². The number of nitrogens with zero attached hydrogens (tertiary/aromatic N) is 1. The van der Waals surface area contributed by atoms with Crippen LogP contribution in [0.15, 0.2) is 52.5 Å². The van der Waals surface area contributed by atoms with E-state index in [9.17, 15) is 0 Å². The molecule has 3 heteroatoms. The molecular weight excluding hydrogens is 230 g/mol. The van der Waals surface area contributed by atoms with Gasteiger partial charge in [-0.05, 0) is 42.7 Å². The Kier molecular flexibility index (Phi) is 4.18. The number of aromatic nitrogens is 1. The number of pyridine rings is 1. The highest BCUT2D eigenvalue weighted by molar-refractivity contribution is 7.99. The van der Waals surface area contributed by atoms with E-state index >= 15 is 0 Å². The molecular formula is C14H15NOS. The second-order valence-corrected chi connectivity index (χ2v) is 4.93. The fourth-order valence-electron chi connectivity index (χ4n) is 1.61. The smallest absolute Gasteiger partial charge is 0.101 e. The van der Waals surface area contributed by atoms with Crippen molar-refractivity contribution in [1.82, 2.24) is 4.98 Å². The predicted molar refractivity (Wildman–Crippen MR) is 70.3 cm³/mol. The van der Waals surface area contributed by atoms with Crippen molar-refractivity contribution < 1.29 is 5.11 Å². The van der Waals surface area contributed by atoms with Gasteiger partial charge in [-0.25, -0.2) is 4.98 Å². The third kappa shape index (κ3) is 3.32. The van der Waals surface area contributed by atoms with Gasteiger partial charge in [-0.3, -0.25) is 0 Å². The van der Waals surface area contributed by atoms with Crippen LogP contribution in [0.1, 0.15) is 11.1 Å². The first-order valence-corrected chi connectivity index (χ1v) is 6.40. The molecule has 0 radical (unpaired) electrons. The van der Waals surface area contributed by atoms with Gasteiger partial charge in [0.05, 0.1) is 0 Å². The van der Waals surface area contributed by atoms with E-state index in [0.29, 0.717) is 6.42 Å². The Bertz CT molecular complexity index is 485. The molecule has 17 heavy (non-hydrogen) atoms. The summed E-state index contributed by atoms with van der Waals surface area (Å²) in [6.45, 7) is 2.23. The van der Waals surface area contributed by atoms with E-state index in [2.05, 4.69) is 30.1 Å². The molecule has 2 nitrogen and oxygen atoms in total. The predicted octanol–water partition coefficient (Wildman–Crippen LogP) is 3.08. The van der Waals surface area contributed by atoms with Crippen LogP contribution in [0.5, 0.6) is 0 Å². The topological polar surface area (TPSA) is 33.1 Å². The van der Waals surface area contributed by atoms with E-state index in [-0.39, 0.29) is 6.61 Å². The molecule has 0 fully saturated rings. The van der Waals surface area contributed by atoms with Crippen LogP contribution in [0, 0.1) is 6.92 Å². The van der Waals surface area contributed by atoms with E-state index in [1.165, 1.54) is 10.5 Å². The van der Waals surface area contributed by atoms with Crippen molar-refractivity contribution in [3.63, 3.8) is 0 Å². The van der Waals surface area contributed by atoms with Crippen molar-refractivity contribution >= 4 is 11.8 Å². The summed E-state index contributed by atoms with van der Waals surface area (Å²) < 4.78 is 0. The molecule has 0 unspecified atom stereocenters. The van der Waals surface area contributed by atoms with E-state index in [1.807, 2.05) is 24.4 Å². The Labute approximate surface area is 106 Å². The van der Waals surface area contributed by atoms with Crippen molar-refractivity contribution in [3.8, 4) is 0 Å². The molecule has 1 aromatic heterocycles. The lowest BCUT2D eigenvalue weighted by atomic mass is 10.1. The van der Waals surface area contributed by atoms with Crippen LogP contribution in [-0.4, -0.2) is 16.7 Å². The van der Waals surface area contributed by atoms with E-state index in [4.69, 9.17) is 5.11 Å². The van der Waals surface area contributed by atoms with Gasteiger partial charge in [0.25, 0.3) is 0 Å². The molecule has 0 aliphatic heterocycles. The molecule has 2 rings (SSSR count). The zero-order chi connectivity index (χ0) is 12.1. The van der Waals surface area contributed by atoms with Crippen molar-refractivity contribution in [3.05, 3.63) is 53.7 Å². The third-order valence-corrected chi connectivity index (χ3v) is 3.48. The summed E-state index contributed by atoms with van der Waals surface area (Å²) in [6, 6.07) is 12.3. The lowest BCUT2D eigenvalue weighted by Crippen LogP contribution is -1.96. The van der Waals surface area contributed by atoms with Gasteiger partial charge in [0.1, 0.15) is 5.03 Å². The summed E-state index contributed by atoms with van der Waals surface area (Å²) in [6.07, 6.45) is 2.53. The average Bonchev–Trinajstić information content (AvgIpc) is 2.34. The van der Waals surface area contributed by atoms with Crippen LogP contribution in [0.3, 0.4) is 0 Å². The number of benzene rings is 1. The first kappa shape index (κ1) is 12.1. The first-order chi connectivity index (χ1) is 8.29. The molecule has 0 amide bonds. The normalized spacial score (nSPS) is 10.5. The maximum Gasteiger partial charge on any atom is 0.101 e. The lowest BCUT2D eigenvalue weighted by molar-refractivity contribution is 0.299. The monoisotopic (exact) mass is 245 g/mol. The summed E-state index contributed by atoms with van der Waals surface area (Å²) >= 11 is 1.65. The molecule has 0 saturated heterocycles. The van der Waals surface area contributed by atoms with Crippen molar-refractivity contribution in [2.75, 3.05) is 6.61 Å². The molecule has 88 valence electrons. The second kappa shape index (κ2) is 5.84. The van der Waals surface area contributed by atoms with Gasteiger partial charge < -0.3 is 5.11 Å². The van der Waals surface area contributed by atoms with E-state index in [0.717, 1.165) is 10.6 Å². The molecule has 1 aromatic carbocycles. The third-order valence-electron chi connectivity index (χ3n) is 2.54. The van der Waals surface area contributed by atoms with Crippen LogP contribution in [-0.2, 0) is 6.42 Å². The largest absolute Gasteiger partial charge is 0.396 e. The van der Waals surface area contributed by atoms with Gasteiger partial charge >= 0.3 is 0 Å². The minimum absolute atomic E-state index is 0.174. The Morgan fingerprint density at radius 1 is 1.24 bits per heavy atom. The second-order valence-electron chi connectivity index (χ2n) is 3.84. The summed E-state index contributed by atoms with van der Waals surface area (Å²) in [7, 11) is 0. The molecule has 1 N–H and O–H groups in total. The summed E-state index contributed by atoms with van der Waals surface area (Å²) in [5, 5.41) is 9.91. The maximum atomic E-state index is 8.92. The molecule has 2 aromatic rings. The van der Waals surface area contributed by atoms with Crippen LogP contribution in [0.4, 0.5) is 0 Å². The van der Waals surface area contributed by atoms with Crippen LogP contribution >= 0.6 is 11.8 Å². The molecule has 1 heterocycles. The molecule has 0 atom stereocenters. The van der Waals surface area contributed by atoms with E-state index in [1.54, 1.807) is 11.8 Å². The van der Waals surface area contributed by atoms with Crippen molar-refractivity contribution in [1.29, 1.82) is 0 Å². The minimum atomic E-state index is 0.174. The number of aliphatic hydroxyl groups is 1. The van der Waals surface area contributed by atoms with Gasteiger partial charge in [0, 0.05) is 17.7 Å². The Balaban J connectivity index is 2.15. The SMILES string of the molecule is Cc1cc(Sc2ccccc2)ncc1CCO. The van der Waals surface area contributed by atoms with Crippen LogP contribution < -0.4 is 0 Å². The molecule has 0 saturated carbocycles. The fourth-order valence-corrected chi connectivity index (χ4v) is 2.48. The number of aliphatic hydroxyl groups excluding tert-OH is 1. The maximum absolute atomic E-state index is 8.92. The van der Waals surface area contributed by atoms with Crippen molar-refractivity contribution in [2.45, 2.75) is 23.3 Å². The highest BCUT2D eigenvalue weighted by Crippen LogP contribution is 2.26. The van der Waals surface area contributed by atoms with Gasteiger partial charge in [-0.1, -0.05) is 30.0 Å². The Morgan fingerprint density at radius 3 is 2.65 bits per heavy atom. The van der Waals surface area contributed by atoms with Crippen LogP contribution in [0.25, 0.3) is 0 Å². The summed E-state index contributed by atoms with van der Waals surface area (Å²) in [4.78, 5) is 5.59. The highest BCUT2D eigenvalue weighted by atomic mass is 32.2. The van der Waals surface area contributed by atoms with Gasteiger partial charge in [0.2, 0.25) is 0 Å². The number of aryl methyl sites for hydroxylation is 1. The molecule has 0 aliphatic rings.